The first-order valence-electron chi connectivity index (χ1n) is 9.95. The van der Waals surface area contributed by atoms with E-state index < -0.39 is 12.6 Å². The first-order chi connectivity index (χ1) is 13.9. The summed E-state index contributed by atoms with van der Waals surface area (Å²) in [5.74, 6) is 0.324. The summed E-state index contributed by atoms with van der Waals surface area (Å²) in [4.78, 5) is 10.8. The molecule has 5 heteroatoms. The maximum absolute atomic E-state index is 10.8. The maximum atomic E-state index is 10.8. The lowest BCUT2D eigenvalue weighted by molar-refractivity contribution is -0.139. The van der Waals surface area contributed by atoms with Crippen LogP contribution in [0.2, 0.25) is 0 Å². The highest BCUT2D eigenvalue weighted by Crippen LogP contribution is 2.32. The first-order valence-corrected chi connectivity index (χ1v) is 9.95. The fraction of sp³-hybridized carbons (Fsp3) is 0.458. The van der Waals surface area contributed by atoms with Gasteiger partial charge < -0.3 is 19.3 Å². The van der Waals surface area contributed by atoms with Gasteiger partial charge in [0.15, 0.2) is 18.1 Å². The Morgan fingerprint density at radius 3 is 2.38 bits per heavy atom. The summed E-state index contributed by atoms with van der Waals surface area (Å²) in [6.07, 6.45) is 5.31. The number of benzene rings is 1. The number of aliphatic carboxylic acids is 1. The molecule has 5 nitrogen and oxygen atoms in total. The van der Waals surface area contributed by atoms with E-state index in [0.29, 0.717) is 30.6 Å². The molecule has 0 radical (unpaired) electrons. The van der Waals surface area contributed by atoms with Crippen molar-refractivity contribution in [2.75, 3.05) is 26.4 Å². The zero-order valence-electron chi connectivity index (χ0n) is 18.5. The molecular formula is C24H36O5. The molecule has 0 spiro atoms. The Hall–Kier alpha value is -2.53. The lowest BCUT2D eigenvalue weighted by Crippen LogP contribution is -2.10. The van der Waals surface area contributed by atoms with Crippen molar-refractivity contribution in [1.82, 2.24) is 0 Å². The number of carboxylic acids is 1. The molecule has 0 amide bonds. The maximum Gasteiger partial charge on any atom is 0.341 e. The molecule has 0 saturated carbocycles. The number of carbonyl (C=O) groups is 1. The normalized spacial score (nSPS) is 11.7. The average Bonchev–Trinajstić information content (AvgIpc) is 2.68. The topological polar surface area (TPSA) is 65.0 Å². The Bertz CT molecular complexity index is 674. The van der Waals surface area contributed by atoms with Crippen LogP contribution in [-0.4, -0.2) is 37.5 Å². The van der Waals surface area contributed by atoms with Crippen LogP contribution in [-0.2, 0) is 9.53 Å². The number of ether oxygens (including phenoxy) is 3. The highest BCUT2D eigenvalue weighted by Gasteiger charge is 2.11. The van der Waals surface area contributed by atoms with E-state index >= 15 is 0 Å². The molecule has 0 saturated heterocycles. The van der Waals surface area contributed by atoms with E-state index in [4.69, 9.17) is 19.3 Å². The largest absolute Gasteiger partial charge is 0.490 e. The monoisotopic (exact) mass is 404 g/mol. The van der Waals surface area contributed by atoms with Crippen LogP contribution in [0.25, 0.3) is 5.57 Å². The van der Waals surface area contributed by atoms with Gasteiger partial charge in [0.1, 0.15) is 0 Å². The van der Waals surface area contributed by atoms with Crippen LogP contribution >= 0.6 is 0 Å². The van der Waals surface area contributed by atoms with Crippen LogP contribution in [0.3, 0.4) is 0 Å². The molecule has 1 aromatic rings. The summed E-state index contributed by atoms with van der Waals surface area (Å²) in [7, 11) is 0. The minimum absolute atomic E-state index is 0.374. The van der Waals surface area contributed by atoms with Gasteiger partial charge >= 0.3 is 5.97 Å². The standard InChI is InChI=1S/C22H32O5.C2H4/c1-6-10-25-14-17(5)12-19(11-16(3)4)18-8-9-20(27-15-22(23)24)21(13-18)26-7-2;1-2/h8-9,11-13,16H,6-7,10,14-15H2,1-5H3,(H,23,24);1-2H2/b17-12-,19-11+;. The SMILES string of the molecule is C=C.CCCOC/C(C)=C\C(=C/C(C)C)c1ccc(OCC(=O)O)c(OCC)c1. The second kappa shape index (κ2) is 15.4. The van der Waals surface area contributed by atoms with E-state index in [9.17, 15) is 4.79 Å². The first kappa shape index (κ1) is 26.5. The van der Waals surface area contributed by atoms with Crippen LogP contribution in [0.1, 0.15) is 46.6 Å². The number of hydrogen-bond acceptors (Lipinski definition) is 4. The zero-order valence-corrected chi connectivity index (χ0v) is 18.5. The van der Waals surface area contributed by atoms with E-state index in [1.165, 1.54) is 0 Å². The van der Waals surface area contributed by atoms with Gasteiger partial charge in [-0.3, -0.25) is 0 Å². The summed E-state index contributed by atoms with van der Waals surface area (Å²) < 4.78 is 16.6. The zero-order chi connectivity index (χ0) is 22.2. The van der Waals surface area contributed by atoms with Gasteiger partial charge in [0.25, 0.3) is 0 Å². The summed E-state index contributed by atoms with van der Waals surface area (Å²) >= 11 is 0. The third kappa shape index (κ3) is 11.2. The Balaban J connectivity index is 0.00000379. The number of allylic oxidation sites excluding steroid dienone is 3. The van der Waals surface area contributed by atoms with Crippen molar-refractivity contribution >= 4 is 11.5 Å². The van der Waals surface area contributed by atoms with E-state index in [0.717, 1.165) is 29.7 Å². The van der Waals surface area contributed by atoms with Crippen LogP contribution in [0.15, 0.2) is 49.1 Å². The quantitative estimate of drug-likeness (QED) is 0.272. The molecule has 0 bridgehead atoms. The molecular weight excluding hydrogens is 368 g/mol. The van der Waals surface area contributed by atoms with Gasteiger partial charge in [0, 0.05) is 6.61 Å². The highest BCUT2D eigenvalue weighted by atomic mass is 16.5. The van der Waals surface area contributed by atoms with Crippen LogP contribution in [0, 0.1) is 5.92 Å². The minimum Gasteiger partial charge on any atom is -0.490 e. The predicted octanol–water partition coefficient (Wildman–Crippen LogP) is 5.76. The average molecular weight is 405 g/mol. The Morgan fingerprint density at radius 1 is 1.14 bits per heavy atom. The summed E-state index contributed by atoms with van der Waals surface area (Å²) in [5, 5.41) is 8.83. The van der Waals surface area contributed by atoms with Crippen molar-refractivity contribution < 1.29 is 24.1 Å². The molecule has 0 aliphatic carbocycles. The molecule has 1 aromatic carbocycles. The Kier molecular flexibility index (Phi) is 14.1. The molecule has 0 heterocycles. The third-order valence-electron chi connectivity index (χ3n) is 3.52. The van der Waals surface area contributed by atoms with Crippen LogP contribution < -0.4 is 9.47 Å². The number of hydrogen-bond donors (Lipinski definition) is 1. The van der Waals surface area contributed by atoms with Crippen molar-refractivity contribution in [3.05, 3.63) is 54.6 Å². The van der Waals surface area contributed by atoms with Crippen LogP contribution in [0.5, 0.6) is 11.5 Å². The van der Waals surface area contributed by atoms with Gasteiger partial charge in [0.2, 0.25) is 0 Å². The van der Waals surface area contributed by atoms with E-state index in [2.05, 4.69) is 53.0 Å². The fourth-order valence-electron chi connectivity index (χ4n) is 2.49. The number of carboxylic acid groups (broad SMARTS) is 1. The molecule has 0 aliphatic heterocycles. The van der Waals surface area contributed by atoms with Crippen molar-refractivity contribution in [3.8, 4) is 11.5 Å². The molecule has 1 rings (SSSR count). The second-order valence-electron chi connectivity index (χ2n) is 6.69. The Morgan fingerprint density at radius 2 is 1.83 bits per heavy atom. The van der Waals surface area contributed by atoms with Crippen molar-refractivity contribution in [1.29, 1.82) is 0 Å². The van der Waals surface area contributed by atoms with Gasteiger partial charge in [-0.15, -0.1) is 13.2 Å². The molecule has 29 heavy (non-hydrogen) atoms. The second-order valence-corrected chi connectivity index (χ2v) is 6.69. The Labute approximate surface area is 175 Å². The lowest BCUT2D eigenvalue weighted by Gasteiger charge is -2.14. The third-order valence-corrected chi connectivity index (χ3v) is 3.52. The molecule has 162 valence electrons. The van der Waals surface area contributed by atoms with Crippen molar-refractivity contribution in [2.24, 2.45) is 5.92 Å². The molecule has 0 aliphatic rings. The minimum atomic E-state index is -1.02. The fourth-order valence-corrected chi connectivity index (χ4v) is 2.49. The number of rotatable bonds is 12. The van der Waals surface area contributed by atoms with Crippen molar-refractivity contribution in [2.45, 2.75) is 41.0 Å². The molecule has 0 fully saturated rings. The van der Waals surface area contributed by atoms with E-state index in [-0.39, 0.29) is 0 Å². The van der Waals surface area contributed by atoms with Gasteiger partial charge in [-0.1, -0.05) is 39.0 Å². The lowest BCUT2D eigenvalue weighted by atomic mass is 9.99. The summed E-state index contributed by atoms with van der Waals surface area (Å²) in [6.45, 7) is 17.7. The predicted molar refractivity (Wildman–Crippen MR) is 120 cm³/mol. The van der Waals surface area contributed by atoms with Gasteiger partial charge in [-0.25, -0.2) is 4.79 Å². The summed E-state index contributed by atoms with van der Waals surface area (Å²) in [5.41, 5.74) is 3.21. The van der Waals surface area contributed by atoms with Gasteiger partial charge in [-0.05, 0) is 55.0 Å². The van der Waals surface area contributed by atoms with Gasteiger partial charge in [0.05, 0.1) is 13.2 Å². The molecule has 0 atom stereocenters. The summed E-state index contributed by atoms with van der Waals surface area (Å²) in [6, 6.07) is 5.57. The highest BCUT2D eigenvalue weighted by molar-refractivity contribution is 5.76. The molecule has 0 aromatic heterocycles. The van der Waals surface area contributed by atoms with E-state index in [1.807, 2.05) is 19.1 Å². The smallest absolute Gasteiger partial charge is 0.341 e. The molecule has 0 unspecified atom stereocenters. The van der Waals surface area contributed by atoms with Crippen molar-refractivity contribution in [3.63, 3.8) is 0 Å². The van der Waals surface area contributed by atoms with Crippen LogP contribution in [0.4, 0.5) is 0 Å². The molecule has 1 N–H and O–H groups in total. The van der Waals surface area contributed by atoms with Gasteiger partial charge in [-0.2, -0.15) is 0 Å². The van der Waals surface area contributed by atoms with E-state index in [1.54, 1.807) is 6.07 Å².